The van der Waals surface area contributed by atoms with Crippen molar-refractivity contribution in [3.05, 3.63) is 108 Å². The average molecular weight is 399 g/mol. The lowest BCUT2D eigenvalue weighted by atomic mass is 9.80. The topological polar surface area (TPSA) is 73.5 Å². The van der Waals surface area contributed by atoms with Crippen molar-refractivity contribution >= 4 is 0 Å². The van der Waals surface area contributed by atoms with Crippen LogP contribution in [0.1, 0.15) is 23.1 Å². The Morgan fingerprint density at radius 3 is 1.63 bits per heavy atom. The van der Waals surface area contributed by atoms with Gasteiger partial charge in [-0.25, -0.2) is 0 Å². The number of aliphatic hydroxyl groups excluding tert-OH is 2. The lowest BCUT2D eigenvalue weighted by Crippen LogP contribution is -2.38. The molecule has 1 saturated carbocycles. The summed E-state index contributed by atoms with van der Waals surface area (Å²) in [4.78, 5) is 0. The molecule has 0 bridgehead atoms. The van der Waals surface area contributed by atoms with E-state index < -0.39 is 29.6 Å². The maximum atomic E-state index is 10.5. The van der Waals surface area contributed by atoms with Crippen LogP contribution in [0.4, 0.5) is 0 Å². The largest absolute Gasteiger partial charge is 0.390 e. The lowest BCUT2D eigenvalue weighted by molar-refractivity contribution is -0.0514. The summed E-state index contributed by atoms with van der Waals surface area (Å²) in [6.07, 6.45) is -1.61. The first-order valence-corrected chi connectivity index (χ1v) is 10.2. The number of ether oxygens (including phenoxy) is 1. The number of benzene rings is 3. The zero-order valence-corrected chi connectivity index (χ0v) is 16.6. The second-order valence-electron chi connectivity index (χ2n) is 7.78. The van der Waals surface area contributed by atoms with Crippen LogP contribution < -0.4 is 0 Å². The fourth-order valence-electron chi connectivity index (χ4n) is 4.45. The van der Waals surface area contributed by atoms with Gasteiger partial charge in [0.1, 0.15) is 5.60 Å². The van der Waals surface area contributed by atoms with Gasteiger partial charge >= 0.3 is 0 Å². The highest BCUT2D eigenvalue weighted by molar-refractivity contribution is 5.47. The average Bonchev–Trinajstić information content (AvgIpc) is 3.09. The highest BCUT2D eigenvalue weighted by Gasteiger charge is 2.45. The summed E-state index contributed by atoms with van der Waals surface area (Å²) in [6, 6.07) is 32.2. The standard InChI is InChI=1S/C26H25NO3/c27-17-19-16-24(28)25(29)23(19)18-30-26(20-10-4-1-5-11-20,21-12-6-2-7-13-21)22-14-8-3-9-15-22/h1-15,19,23-25,28-29H,16,18H2/t19-,23+,24+,25-/m1/s1. The summed E-state index contributed by atoms with van der Waals surface area (Å²) >= 11 is 0. The van der Waals surface area contributed by atoms with Crippen LogP contribution in [0.5, 0.6) is 0 Å². The zero-order chi connectivity index (χ0) is 21.0. The molecule has 152 valence electrons. The van der Waals surface area contributed by atoms with Gasteiger partial charge in [-0.3, -0.25) is 0 Å². The summed E-state index contributed by atoms with van der Waals surface area (Å²) in [5, 5.41) is 30.1. The van der Waals surface area contributed by atoms with E-state index in [-0.39, 0.29) is 13.0 Å². The van der Waals surface area contributed by atoms with Crippen LogP contribution in [0.15, 0.2) is 91.0 Å². The highest BCUT2D eigenvalue weighted by Crippen LogP contribution is 2.42. The Kier molecular flexibility index (Phi) is 5.96. The van der Waals surface area contributed by atoms with Crippen LogP contribution in [0, 0.1) is 23.2 Å². The Morgan fingerprint density at radius 2 is 1.23 bits per heavy atom. The molecule has 0 heterocycles. The fraction of sp³-hybridized carbons (Fsp3) is 0.269. The number of hydrogen-bond acceptors (Lipinski definition) is 4. The monoisotopic (exact) mass is 399 g/mol. The molecule has 0 saturated heterocycles. The third kappa shape index (κ3) is 3.64. The number of rotatable bonds is 6. The smallest absolute Gasteiger partial charge is 0.143 e. The van der Waals surface area contributed by atoms with Crippen molar-refractivity contribution in [2.24, 2.45) is 11.8 Å². The van der Waals surface area contributed by atoms with Crippen LogP contribution in [0.3, 0.4) is 0 Å². The maximum Gasteiger partial charge on any atom is 0.143 e. The minimum absolute atomic E-state index is 0.148. The van der Waals surface area contributed by atoms with Crippen molar-refractivity contribution in [3.63, 3.8) is 0 Å². The summed E-state index contributed by atoms with van der Waals surface area (Å²) < 4.78 is 6.70. The molecule has 4 atom stereocenters. The Hall–Kier alpha value is -2.97. The third-order valence-electron chi connectivity index (χ3n) is 6.04. The van der Waals surface area contributed by atoms with Gasteiger partial charge in [0, 0.05) is 5.92 Å². The van der Waals surface area contributed by atoms with Crippen LogP contribution in [0.2, 0.25) is 0 Å². The molecular weight excluding hydrogens is 374 g/mol. The summed E-state index contributed by atoms with van der Waals surface area (Å²) in [6.45, 7) is 0.148. The molecule has 1 aliphatic carbocycles. The number of nitrogens with zero attached hydrogens (tertiary/aromatic N) is 1. The van der Waals surface area contributed by atoms with E-state index in [0.717, 1.165) is 16.7 Å². The van der Waals surface area contributed by atoms with Crippen molar-refractivity contribution in [1.82, 2.24) is 0 Å². The second-order valence-corrected chi connectivity index (χ2v) is 7.78. The number of hydrogen-bond donors (Lipinski definition) is 2. The van der Waals surface area contributed by atoms with Gasteiger partial charge in [-0.1, -0.05) is 91.0 Å². The molecule has 0 radical (unpaired) electrons. The van der Waals surface area contributed by atoms with Crippen LogP contribution in [-0.2, 0) is 10.3 Å². The molecule has 4 heteroatoms. The maximum absolute atomic E-state index is 10.5. The molecule has 1 fully saturated rings. The van der Waals surface area contributed by atoms with Crippen molar-refractivity contribution < 1.29 is 14.9 Å². The first-order valence-electron chi connectivity index (χ1n) is 10.2. The van der Waals surface area contributed by atoms with Gasteiger partial charge in [-0.2, -0.15) is 5.26 Å². The van der Waals surface area contributed by atoms with E-state index in [1.807, 2.05) is 91.0 Å². The van der Waals surface area contributed by atoms with E-state index >= 15 is 0 Å². The van der Waals surface area contributed by atoms with Gasteiger partial charge in [0.2, 0.25) is 0 Å². The molecule has 30 heavy (non-hydrogen) atoms. The predicted octanol–water partition coefficient (Wildman–Crippen LogP) is 3.88. The SMILES string of the molecule is N#C[C@H]1C[C@H](O)[C@H](O)[C@H]1COC(c1ccccc1)(c1ccccc1)c1ccccc1. The first kappa shape index (κ1) is 20.3. The fourth-order valence-corrected chi connectivity index (χ4v) is 4.45. The van der Waals surface area contributed by atoms with Crippen LogP contribution >= 0.6 is 0 Å². The van der Waals surface area contributed by atoms with E-state index in [4.69, 9.17) is 4.74 Å². The van der Waals surface area contributed by atoms with E-state index in [9.17, 15) is 15.5 Å². The van der Waals surface area contributed by atoms with Gasteiger partial charge in [0.25, 0.3) is 0 Å². The molecule has 3 aromatic rings. The molecule has 1 aliphatic rings. The Bertz CT molecular complexity index is 888. The third-order valence-corrected chi connectivity index (χ3v) is 6.04. The molecule has 0 aliphatic heterocycles. The van der Waals surface area contributed by atoms with Gasteiger partial charge in [-0.15, -0.1) is 0 Å². The molecule has 0 unspecified atom stereocenters. The van der Waals surface area contributed by atoms with Crippen molar-refractivity contribution in [1.29, 1.82) is 5.26 Å². The first-order chi connectivity index (χ1) is 14.7. The summed E-state index contributed by atoms with van der Waals surface area (Å²) in [5.41, 5.74) is 1.98. The Labute approximate surface area is 177 Å². The van der Waals surface area contributed by atoms with Gasteiger partial charge in [-0.05, 0) is 23.1 Å². The molecular formula is C26H25NO3. The van der Waals surface area contributed by atoms with Crippen molar-refractivity contribution in [2.45, 2.75) is 24.2 Å². The zero-order valence-electron chi connectivity index (χ0n) is 16.6. The van der Waals surface area contributed by atoms with Gasteiger partial charge < -0.3 is 14.9 Å². The van der Waals surface area contributed by atoms with Gasteiger partial charge in [0.15, 0.2) is 0 Å². The normalized spacial score (nSPS) is 23.8. The van der Waals surface area contributed by atoms with Crippen LogP contribution in [0.25, 0.3) is 0 Å². The Balaban J connectivity index is 1.82. The van der Waals surface area contributed by atoms with Gasteiger partial charge in [0.05, 0.1) is 30.8 Å². The minimum atomic E-state index is -0.977. The molecule has 0 amide bonds. The van der Waals surface area contributed by atoms with E-state index in [1.165, 1.54) is 0 Å². The molecule has 3 aromatic carbocycles. The van der Waals surface area contributed by atoms with Crippen molar-refractivity contribution in [3.8, 4) is 6.07 Å². The summed E-state index contributed by atoms with van der Waals surface area (Å²) in [5.74, 6) is -0.907. The van der Waals surface area contributed by atoms with E-state index in [1.54, 1.807) is 0 Å². The van der Waals surface area contributed by atoms with E-state index in [2.05, 4.69) is 6.07 Å². The second kappa shape index (κ2) is 8.81. The number of aliphatic hydroxyl groups is 2. The molecule has 4 rings (SSSR count). The highest BCUT2D eigenvalue weighted by atomic mass is 16.5. The molecule has 2 N–H and O–H groups in total. The molecule has 4 nitrogen and oxygen atoms in total. The Morgan fingerprint density at radius 1 is 0.800 bits per heavy atom. The molecule has 0 spiro atoms. The number of nitriles is 1. The van der Waals surface area contributed by atoms with E-state index in [0.29, 0.717) is 0 Å². The summed E-state index contributed by atoms with van der Waals surface area (Å²) in [7, 11) is 0. The minimum Gasteiger partial charge on any atom is -0.390 e. The lowest BCUT2D eigenvalue weighted by Gasteiger charge is -2.37. The van der Waals surface area contributed by atoms with Crippen LogP contribution in [-0.4, -0.2) is 29.0 Å². The quantitative estimate of drug-likeness (QED) is 0.617. The molecule has 0 aromatic heterocycles. The predicted molar refractivity (Wildman–Crippen MR) is 114 cm³/mol. The van der Waals surface area contributed by atoms with Crippen molar-refractivity contribution in [2.75, 3.05) is 6.61 Å².